The summed E-state index contributed by atoms with van der Waals surface area (Å²) in [6, 6.07) is 0. The van der Waals surface area contributed by atoms with Crippen LogP contribution >= 0.6 is 0 Å². The summed E-state index contributed by atoms with van der Waals surface area (Å²) in [6.45, 7) is 5.99. The van der Waals surface area contributed by atoms with Crippen LogP contribution in [-0.2, 0) is 4.84 Å². The summed E-state index contributed by atoms with van der Waals surface area (Å²) < 4.78 is 0. The molecule has 58 valence electrons. The first-order chi connectivity index (χ1) is 4.76. The summed E-state index contributed by atoms with van der Waals surface area (Å²) >= 11 is 0. The third kappa shape index (κ3) is 2.69. The highest BCUT2D eigenvalue weighted by molar-refractivity contribution is 5.24. The van der Waals surface area contributed by atoms with E-state index in [1.54, 1.807) is 7.11 Å². The van der Waals surface area contributed by atoms with Gasteiger partial charge in [0.2, 0.25) is 0 Å². The Labute approximate surface area is 62.5 Å². The van der Waals surface area contributed by atoms with Crippen LogP contribution in [0, 0.1) is 0 Å². The average molecular weight is 141 g/mol. The maximum atomic E-state index is 4.76. The second kappa shape index (κ2) is 5.06. The van der Waals surface area contributed by atoms with E-state index < -0.39 is 0 Å². The predicted octanol–water partition coefficient (Wildman–Crippen LogP) is 2.01. The second-order valence-corrected chi connectivity index (χ2v) is 1.98. The highest BCUT2D eigenvalue weighted by Gasteiger charge is 1.93. The standard InChI is InChI=1S/C8H15NO/c1-5-7(3)8(6-2)9-10-4/h5-6,9H,1-4H3/b7-5-,8-6+. The van der Waals surface area contributed by atoms with E-state index in [2.05, 4.69) is 5.48 Å². The Hall–Kier alpha value is -0.760. The molecule has 1 N–H and O–H groups in total. The van der Waals surface area contributed by atoms with Crippen molar-refractivity contribution in [1.29, 1.82) is 0 Å². The fourth-order valence-electron chi connectivity index (χ4n) is 0.633. The molecule has 0 heterocycles. The third-order valence-electron chi connectivity index (χ3n) is 1.36. The van der Waals surface area contributed by atoms with Crippen LogP contribution in [0.2, 0.25) is 0 Å². The summed E-state index contributed by atoms with van der Waals surface area (Å²) in [4.78, 5) is 4.76. The molecule has 0 amide bonds. The van der Waals surface area contributed by atoms with Gasteiger partial charge in [0.15, 0.2) is 0 Å². The molecular weight excluding hydrogens is 126 g/mol. The average Bonchev–Trinajstić information content (AvgIpc) is 1.99. The van der Waals surface area contributed by atoms with Crippen molar-refractivity contribution in [3.63, 3.8) is 0 Å². The highest BCUT2D eigenvalue weighted by atomic mass is 16.6. The van der Waals surface area contributed by atoms with Gasteiger partial charge in [-0.3, -0.25) is 10.3 Å². The lowest BCUT2D eigenvalue weighted by Gasteiger charge is -2.06. The molecule has 0 saturated carbocycles. The molecule has 0 aromatic carbocycles. The molecule has 2 heteroatoms. The monoisotopic (exact) mass is 141 g/mol. The van der Waals surface area contributed by atoms with Crippen LogP contribution in [-0.4, -0.2) is 7.11 Å². The van der Waals surface area contributed by atoms with E-state index in [0.29, 0.717) is 0 Å². The molecule has 0 aromatic rings. The fraction of sp³-hybridized carbons (Fsp3) is 0.500. The van der Waals surface area contributed by atoms with Crippen molar-refractivity contribution >= 4 is 0 Å². The van der Waals surface area contributed by atoms with E-state index in [4.69, 9.17) is 4.84 Å². The van der Waals surface area contributed by atoms with Crippen LogP contribution in [0.4, 0.5) is 0 Å². The molecule has 0 fully saturated rings. The molecule has 0 aromatic heterocycles. The Morgan fingerprint density at radius 1 is 1.30 bits per heavy atom. The summed E-state index contributed by atoms with van der Waals surface area (Å²) in [5.41, 5.74) is 4.98. The predicted molar refractivity (Wildman–Crippen MR) is 43.3 cm³/mol. The minimum Gasteiger partial charge on any atom is -0.279 e. The van der Waals surface area contributed by atoms with Crippen LogP contribution in [0.15, 0.2) is 23.4 Å². The Balaban J connectivity index is 4.09. The molecule has 0 radical (unpaired) electrons. The maximum absolute atomic E-state index is 4.76. The molecule has 0 spiro atoms. The SMILES string of the molecule is C/C=C(C)\C(=C/C)NOC. The van der Waals surface area contributed by atoms with Crippen LogP contribution in [0.1, 0.15) is 20.8 Å². The first kappa shape index (κ1) is 9.24. The molecule has 0 saturated heterocycles. The largest absolute Gasteiger partial charge is 0.279 e. The first-order valence-corrected chi connectivity index (χ1v) is 3.34. The highest BCUT2D eigenvalue weighted by Crippen LogP contribution is 2.03. The number of rotatable bonds is 3. The van der Waals surface area contributed by atoms with Crippen LogP contribution in [0.25, 0.3) is 0 Å². The van der Waals surface area contributed by atoms with Crippen LogP contribution < -0.4 is 5.48 Å². The van der Waals surface area contributed by atoms with Gasteiger partial charge in [0.25, 0.3) is 0 Å². The van der Waals surface area contributed by atoms with Gasteiger partial charge in [0.1, 0.15) is 0 Å². The molecule has 0 bridgehead atoms. The zero-order chi connectivity index (χ0) is 7.98. The number of hydroxylamine groups is 1. The lowest BCUT2D eigenvalue weighted by molar-refractivity contribution is 0.119. The molecule has 2 nitrogen and oxygen atoms in total. The van der Waals surface area contributed by atoms with E-state index in [0.717, 1.165) is 5.70 Å². The molecular formula is C8H15NO. The van der Waals surface area contributed by atoms with Crippen molar-refractivity contribution < 1.29 is 4.84 Å². The summed E-state index contributed by atoms with van der Waals surface area (Å²) in [5, 5.41) is 0. The van der Waals surface area contributed by atoms with E-state index in [1.807, 2.05) is 32.9 Å². The van der Waals surface area contributed by atoms with Gasteiger partial charge in [-0.2, -0.15) is 0 Å². The number of nitrogens with one attached hydrogen (secondary N) is 1. The van der Waals surface area contributed by atoms with Crippen molar-refractivity contribution in [2.75, 3.05) is 7.11 Å². The minimum absolute atomic E-state index is 1.02. The Bertz CT molecular complexity index is 147. The number of hydrogen-bond acceptors (Lipinski definition) is 2. The van der Waals surface area contributed by atoms with Gasteiger partial charge in [-0.05, 0) is 26.3 Å². The van der Waals surface area contributed by atoms with Crippen molar-refractivity contribution in [2.24, 2.45) is 0 Å². The summed E-state index contributed by atoms with van der Waals surface area (Å²) in [6.07, 6.45) is 4.00. The minimum atomic E-state index is 1.02. The molecule has 0 rings (SSSR count). The Morgan fingerprint density at radius 2 is 1.90 bits per heavy atom. The van der Waals surface area contributed by atoms with E-state index in [-0.39, 0.29) is 0 Å². The molecule has 0 atom stereocenters. The third-order valence-corrected chi connectivity index (χ3v) is 1.36. The van der Waals surface area contributed by atoms with Gasteiger partial charge in [-0.15, -0.1) is 0 Å². The van der Waals surface area contributed by atoms with E-state index in [1.165, 1.54) is 5.57 Å². The quantitative estimate of drug-likeness (QED) is 0.479. The number of hydrogen-bond donors (Lipinski definition) is 1. The van der Waals surface area contributed by atoms with Gasteiger partial charge < -0.3 is 0 Å². The summed E-state index contributed by atoms with van der Waals surface area (Å²) in [7, 11) is 1.60. The first-order valence-electron chi connectivity index (χ1n) is 3.34. The van der Waals surface area contributed by atoms with Gasteiger partial charge >= 0.3 is 0 Å². The van der Waals surface area contributed by atoms with Crippen LogP contribution in [0.3, 0.4) is 0 Å². The van der Waals surface area contributed by atoms with Crippen molar-refractivity contribution in [3.8, 4) is 0 Å². The lowest BCUT2D eigenvalue weighted by atomic mass is 10.2. The topological polar surface area (TPSA) is 21.3 Å². The zero-order valence-corrected chi connectivity index (χ0v) is 7.06. The van der Waals surface area contributed by atoms with E-state index >= 15 is 0 Å². The zero-order valence-electron chi connectivity index (χ0n) is 7.06. The molecule has 0 aliphatic carbocycles. The Morgan fingerprint density at radius 3 is 2.20 bits per heavy atom. The number of allylic oxidation sites excluding steroid dienone is 3. The lowest BCUT2D eigenvalue weighted by Crippen LogP contribution is -2.11. The maximum Gasteiger partial charge on any atom is 0.0636 e. The van der Waals surface area contributed by atoms with Crippen molar-refractivity contribution in [3.05, 3.63) is 23.4 Å². The van der Waals surface area contributed by atoms with Gasteiger partial charge in [0, 0.05) is 0 Å². The smallest absolute Gasteiger partial charge is 0.0636 e. The van der Waals surface area contributed by atoms with E-state index in [9.17, 15) is 0 Å². The Kier molecular flexibility index (Phi) is 4.67. The molecule has 10 heavy (non-hydrogen) atoms. The van der Waals surface area contributed by atoms with Crippen molar-refractivity contribution in [1.82, 2.24) is 5.48 Å². The van der Waals surface area contributed by atoms with Gasteiger partial charge in [0.05, 0.1) is 12.8 Å². The fourth-order valence-corrected chi connectivity index (χ4v) is 0.633. The van der Waals surface area contributed by atoms with Gasteiger partial charge in [-0.25, -0.2) is 0 Å². The van der Waals surface area contributed by atoms with Gasteiger partial charge in [-0.1, -0.05) is 12.2 Å². The molecule has 0 aliphatic rings. The molecule has 0 aliphatic heterocycles. The van der Waals surface area contributed by atoms with Crippen LogP contribution in [0.5, 0.6) is 0 Å². The molecule has 0 unspecified atom stereocenters. The van der Waals surface area contributed by atoms with Crippen molar-refractivity contribution in [2.45, 2.75) is 20.8 Å². The summed E-state index contributed by atoms with van der Waals surface area (Å²) in [5.74, 6) is 0. The normalized spacial score (nSPS) is 13.6. The second-order valence-electron chi connectivity index (χ2n) is 1.98.